The number of fused-ring (bicyclic) bond motifs is 1. The lowest BCUT2D eigenvalue weighted by Gasteiger charge is -2.10. The predicted molar refractivity (Wildman–Crippen MR) is 66.8 cm³/mol. The highest BCUT2D eigenvalue weighted by atomic mass is 32.2. The molecule has 0 atom stereocenters. The van der Waals surface area contributed by atoms with Crippen molar-refractivity contribution in [2.45, 2.75) is 19.4 Å². The van der Waals surface area contributed by atoms with Crippen molar-refractivity contribution in [1.29, 1.82) is 0 Å². The van der Waals surface area contributed by atoms with E-state index in [1.807, 2.05) is 13.0 Å². The van der Waals surface area contributed by atoms with Crippen molar-refractivity contribution >= 4 is 21.0 Å². The summed E-state index contributed by atoms with van der Waals surface area (Å²) < 4.78 is 62.6. The molecule has 0 amide bonds. The molecule has 1 heterocycles. The number of hydrogen-bond acceptors (Lipinski definition) is 4. The Balaban J connectivity index is 2.48. The first-order valence-corrected chi connectivity index (χ1v) is 6.89. The maximum atomic E-state index is 12.2. The molecule has 0 bridgehead atoms. The van der Waals surface area contributed by atoms with Crippen LogP contribution in [0, 0.1) is 13.8 Å². The van der Waals surface area contributed by atoms with Gasteiger partial charge < -0.3 is 4.18 Å². The Morgan fingerprint density at radius 1 is 1.15 bits per heavy atom. The third-order valence-electron chi connectivity index (χ3n) is 2.62. The smallest absolute Gasteiger partial charge is 0.374 e. The number of hydrogen-bond donors (Lipinski definition) is 0. The summed E-state index contributed by atoms with van der Waals surface area (Å²) in [5.41, 5.74) is -3.20. The van der Waals surface area contributed by atoms with Gasteiger partial charge in [0.2, 0.25) is 0 Å². The van der Waals surface area contributed by atoms with E-state index in [1.54, 1.807) is 13.0 Å². The molecular formula is C12H10F3NO3S. The first kappa shape index (κ1) is 14.6. The SMILES string of the molecule is Cc1cc(C)c2cc(OS(=O)(=O)C(F)(F)F)cnc2c1. The van der Waals surface area contributed by atoms with Crippen molar-refractivity contribution in [3.05, 3.63) is 35.5 Å². The van der Waals surface area contributed by atoms with Crippen molar-refractivity contribution in [3.63, 3.8) is 0 Å². The van der Waals surface area contributed by atoms with Gasteiger partial charge in [0.05, 0.1) is 11.7 Å². The number of aryl methyl sites for hydroxylation is 2. The van der Waals surface area contributed by atoms with Gasteiger partial charge in [-0.15, -0.1) is 0 Å². The molecule has 1 aromatic carbocycles. The van der Waals surface area contributed by atoms with E-state index in [9.17, 15) is 21.6 Å². The van der Waals surface area contributed by atoms with E-state index in [0.717, 1.165) is 17.3 Å². The van der Waals surface area contributed by atoms with Crippen molar-refractivity contribution in [3.8, 4) is 5.75 Å². The van der Waals surface area contributed by atoms with Crippen LogP contribution in [0.1, 0.15) is 11.1 Å². The van der Waals surface area contributed by atoms with Gasteiger partial charge in [-0.25, -0.2) is 0 Å². The third kappa shape index (κ3) is 2.69. The fraction of sp³-hybridized carbons (Fsp3) is 0.250. The van der Waals surface area contributed by atoms with Gasteiger partial charge >= 0.3 is 15.6 Å². The van der Waals surface area contributed by atoms with E-state index in [0.29, 0.717) is 10.9 Å². The topological polar surface area (TPSA) is 56.3 Å². The number of alkyl halides is 3. The van der Waals surface area contributed by atoms with Crippen molar-refractivity contribution in [2.75, 3.05) is 0 Å². The van der Waals surface area contributed by atoms with Gasteiger partial charge in [0.25, 0.3) is 0 Å². The van der Waals surface area contributed by atoms with Gasteiger partial charge in [-0.05, 0) is 37.1 Å². The molecule has 4 nitrogen and oxygen atoms in total. The molecule has 0 aliphatic rings. The highest BCUT2D eigenvalue weighted by Crippen LogP contribution is 2.29. The summed E-state index contributed by atoms with van der Waals surface area (Å²) in [5, 5.41) is 0.533. The van der Waals surface area contributed by atoms with Gasteiger partial charge in [0, 0.05) is 5.39 Å². The predicted octanol–water partition coefficient (Wildman–Crippen LogP) is 3.08. The normalized spacial score (nSPS) is 12.7. The van der Waals surface area contributed by atoms with E-state index < -0.39 is 21.4 Å². The summed E-state index contributed by atoms with van der Waals surface area (Å²) >= 11 is 0. The number of pyridine rings is 1. The molecule has 0 fully saturated rings. The maximum absolute atomic E-state index is 12.2. The summed E-state index contributed by atoms with van der Waals surface area (Å²) in [6, 6.07) is 4.77. The molecular weight excluding hydrogens is 295 g/mol. The minimum Gasteiger partial charge on any atom is -0.374 e. The second-order valence-electron chi connectivity index (χ2n) is 4.30. The number of halogens is 3. The van der Waals surface area contributed by atoms with Crippen LogP contribution < -0.4 is 4.18 Å². The number of rotatable bonds is 2. The minimum atomic E-state index is -5.68. The van der Waals surface area contributed by atoms with E-state index in [2.05, 4.69) is 9.17 Å². The van der Waals surface area contributed by atoms with Crippen LogP contribution in [-0.4, -0.2) is 18.9 Å². The monoisotopic (exact) mass is 305 g/mol. The average molecular weight is 305 g/mol. The van der Waals surface area contributed by atoms with Gasteiger partial charge in [0.15, 0.2) is 5.75 Å². The van der Waals surface area contributed by atoms with Gasteiger partial charge in [0.1, 0.15) is 0 Å². The summed E-state index contributed by atoms with van der Waals surface area (Å²) in [6.45, 7) is 3.60. The summed E-state index contributed by atoms with van der Waals surface area (Å²) in [5.74, 6) is -0.471. The lowest BCUT2D eigenvalue weighted by molar-refractivity contribution is -0.0500. The summed E-state index contributed by atoms with van der Waals surface area (Å²) in [4.78, 5) is 3.91. The zero-order chi connectivity index (χ0) is 15.1. The fourth-order valence-electron chi connectivity index (χ4n) is 1.78. The maximum Gasteiger partial charge on any atom is 0.534 e. The van der Waals surface area contributed by atoms with Crippen LogP contribution >= 0.6 is 0 Å². The zero-order valence-electron chi connectivity index (χ0n) is 10.5. The quantitative estimate of drug-likeness (QED) is 0.632. The molecule has 2 aromatic rings. The first-order chi connectivity index (χ1) is 9.10. The summed E-state index contributed by atoms with van der Waals surface area (Å²) in [7, 11) is -5.68. The van der Waals surface area contributed by atoms with Gasteiger partial charge in [-0.3, -0.25) is 4.98 Å². The van der Waals surface area contributed by atoms with Gasteiger partial charge in [-0.2, -0.15) is 21.6 Å². The van der Waals surface area contributed by atoms with Crippen LogP contribution in [0.15, 0.2) is 24.4 Å². The molecule has 0 aliphatic carbocycles. The Bertz CT molecular complexity index is 769. The third-order valence-corrected chi connectivity index (χ3v) is 3.60. The van der Waals surface area contributed by atoms with E-state index in [1.165, 1.54) is 6.07 Å². The molecule has 2 rings (SSSR count). The molecule has 0 spiro atoms. The fourth-order valence-corrected chi connectivity index (χ4v) is 2.22. The Kier molecular flexibility index (Phi) is 3.37. The standard InChI is InChI=1S/C12H10F3NO3S/c1-7-3-8(2)10-5-9(6-16-11(10)4-7)19-20(17,18)12(13,14)15/h3-6H,1-2H3. The Morgan fingerprint density at radius 2 is 1.80 bits per heavy atom. The molecule has 0 aliphatic heterocycles. The van der Waals surface area contributed by atoms with Crippen LogP contribution in [0.4, 0.5) is 13.2 Å². The van der Waals surface area contributed by atoms with Crippen LogP contribution in [0.5, 0.6) is 5.75 Å². The van der Waals surface area contributed by atoms with Crippen molar-refractivity contribution in [2.24, 2.45) is 0 Å². The first-order valence-electron chi connectivity index (χ1n) is 5.48. The molecule has 0 radical (unpaired) electrons. The number of benzene rings is 1. The molecule has 0 N–H and O–H groups in total. The lowest BCUT2D eigenvalue weighted by Crippen LogP contribution is -2.28. The van der Waals surface area contributed by atoms with Gasteiger partial charge in [-0.1, -0.05) is 6.07 Å². The molecule has 0 unspecified atom stereocenters. The van der Waals surface area contributed by atoms with E-state index >= 15 is 0 Å². The highest BCUT2D eigenvalue weighted by Gasteiger charge is 2.48. The van der Waals surface area contributed by atoms with Crippen molar-refractivity contribution < 1.29 is 25.8 Å². The van der Waals surface area contributed by atoms with Crippen LogP contribution in [-0.2, 0) is 10.1 Å². The van der Waals surface area contributed by atoms with E-state index in [4.69, 9.17) is 0 Å². The highest BCUT2D eigenvalue weighted by molar-refractivity contribution is 7.88. The average Bonchev–Trinajstić information content (AvgIpc) is 2.28. The zero-order valence-corrected chi connectivity index (χ0v) is 11.3. The van der Waals surface area contributed by atoms with E-state index in [-0.39, 0.29) is 0 Å². The number of nitrogens with zero attached hydrogens (tertiary/aromatic N) is 1. The van der Waals surface area contributed by atoms with Crippen LogP contribution in [0.25, 0.3) is 10.9 Å². The molecule has 1 aromatic heterocycles. The Hall–Kier alpha value is -1.83. The lowest BCUT2D eigenvalue weighted by atomic mass is 10.1. The van der Waals surface area contributed by atoms with Crippen molar-refractivity contribution in [1.82, 2.24) is 4.98 Å². The Labute approximate surface area is 113 Å². The molecule has 8 heteroatoms. The number of aromatic nitrogens is 1. The Morgan fingerprint density at radius 3 is 2.40 bits per heavy atom. The van der Waals surface area contributed by atoms with Crippen LogP contribution in [0.2, 0.25) is 0 Å². The molecule has 20 heavy (non-hydrogen) atoms. The minimum absolute atomic E-state index is 0.471. The summed E-state index contributed by atoms with van der Waals surface area (Å²) in [6.07, 6.45) is 0.949. The molecule has 0 saturated carbocycles. The second kappa shape index (κ2) is 4.62. The molecule has 108 valence electrons. The molecule has 0 saturated heterocycles. The largest absolute Gasteiger partial charge is 0.534 e. The van der Waals surface area contributed by atoms with Crippen LogP contribution in [0.3, 0.4) is 0 Å². The second-order valence-corrected chi connectivity index (χ2v) is 5.84.